The van der Waals surface area contributed by atoms with Gasteiger partial charge in [0.25, 0.3) is 0 Å². The Labute approximate surface area is 108 Å². The molecule has 0 radical (unpaired) electrons. The lowest BCUT2D eigenvalue weighted by Gasteiger charge is -2.53. The van der Waals surface area contributed by atoms with Crippen molar-refractivity contribution in [3.8, 4) is 0 Å². The van der Waals surface area contributed by atoms with Gasteiger partial charge in [-0.3, -0.25) is 4.79 Å². The van der Waals surface area contributed by atoms with E-state index in [1.165, 1.54) is 25.1 Å². The minimum Gasteiger partial charge on any atom is -0.370 e. The number of ketones is 1. The molecule has 0 unspecified atom stereocenters. The van der Waals surface area contributed by atoms with Crippen molar-refractivity contribution >= 4 is 11.5 Å². The maximum absolute atomic E-state index is 11.4. The fourth-order valence-electron chi connectivity index (χ4n) is 3.17. The van der Waals surface area contributed by atoms with Gasteiger partial charge in [0.05, 0.1) is 0 Å². The van der Waals surface area contributed by atoms with Crippen LogP contribution in [0.4, 0.5) is 5.69 Å². The second kappa shape index (κ2) is 4.39. The zero-order valence-corrected chi connectivity index (χ0v) is 10.9. The maximum Gasteiger partial charge on any atom is 0.159 e. The third kappa shape index (κ3) is 2.03. The number of anilines is 1. The molecule has 2 saturated heterocycles. The molecular formula is C15H20N2O. The number of Topliss-reactive ketones (excluding diaryl/α,β-unsaturated/α-hetero) is 1. The number of nitrogens with zero attached hydrogens (tertiary/aromatic N) is 1. The van der Waals surface area contributed by atoms with Crippen LogP contribution in [0.25, 0.3) is 0 Å². The van der Waals surface area contributed by atoms with Crippen molar-refractivity contribution in [2.24, 2.45) is 5.41 Å². The Morgan fingerprint density at radius 2 is 2.22 bits per heavy atom. The molecule has 1 aromatic rings. The fraction of sp³-hybridized carbons (Fsp3) is 0.533. The Hall–Kier alpha value is -1.35. The highest BCUT2D eigenvalue weighted by molar-refractivity contribution is 5.95. The summed E-state index contributed by atoms with van der Waals surface area (Å²) in [6.45, 7) is 6.20. The zero-order valence-electron chi connectivity index (χ0n) is 10.9. The van der Waals surface area contributed by atoms with Crippen molar-refractivity contribution in [2.45, 2.75) is 19.8 Å². The van der Waals surface area contributed by atoms with Gasteiger partial charge in [0.1, 0.15) is 0 Å². The molecule has 1 N–H and O–H groups in total. The predicted molar refractivity (Wildman–Crippen MR) is 73.2 cm³/mol. The van der Waals surface area contributed by atoms with Gasteiger partial charge in [0.15, 0.2) is 5.78 Å². The van der Waals surface area contributed by atoms with Crippen molar-refractivity contribution in [1.29, 1.82) is 0 Å². The highest BCUT2D eigenvalue weighted by atomic mass is 16.1. The topological polar surface area (TPSA) is 32.3 Å². The number of nitrogens with one attached hydrogen (secondary N) is 1. The lowest BCUT2D eigenvalue weighted by molar-refractivity contribution is 0.101. The Kier molecular flexibility index (Phi) is 2.86. The summed E-state index contributed by atoms with van der Waals surface area (Å²) in [7, 11) is 0. The van der Waals surface area contributed by atoms with E-state index in [1.807, 2.05) is 18.2 Å². The third-order valence-electron chi connectivity index (χ3n) is 4.23. The molecule has 0 bridgehead atoms. The quantitative estimate of drug-likeness (QED) is 0.808. The lowest BCUT2D eigenvalue weighted by atomic mass is 9.74. The number of hydrogen-bond donors (Lipinski definition) is 1. The molecule has 1 spiro atoms. The van der Waals surface area contributed by atoms with Crippen LogP contribution in [0.15, 0.2) is 24.3 Å². The summed E-state index contributed by atoms with van der Waals surface area (Å²) in [6.07, 6.45) is 2.63. The highest BCUT2D eigenvalue weighted by Gasteiger charge is 2.43. The predicted octanol–water partition coefficient (Wildman–Crippen LogP) is 2.08. The minimum atomic E-state index is 0.145. The Morgan fingerprint density at radius 3 is 2.89 bits per heavy atom. The molecule has 18 heavy (non-hydrogen) atoms. The first-order valence-electron chi connectivity index (χ1n) is 6.75. The first kappa shape index (κ1) is 11.7. The second-order valence-electron chi connectivity index (χ2n) is 5.74. The van der Waals surface area contributed by atoms with Crippen LogP contribution in [0.1, 0.15) is 30.1 Å². The summed E-state index contributed by atoms with van der Waals surface area (Å²) in [5, 5.41) is 3.50. The van der Waals surface area contributed by atoms with Gasteiger partial charge < -0.3 is 10.2 Å². The van der Waals surface area contributed by atoms with Crippen LogP contribution in [-0.4, -0.2) is 32.0 Å². The molecule has 96 valence electrons. The second-order valence-corrected chi connectivity index (χ2v) is 5.74. The largest absolute Gasteiger partial charge is 0.370 e. The molecule has 0 atom stereocenters. The number of carbonyl (C=O) groups is 1. The van der Waals surface area contributed by atoms with E-state index in [2.05, 4.69) is 16.3 Å². The number of piperidine rings is 1. The molecule has 0 aromatic heterocycles. The standard InChI is InChI=1S/C15H20N2O/c1-12(18)13-4-2-5-14(8-13)17-10-15(11-17)6-3-7-16-9-15/h2,4-5,8,16H,3,6-7,9-11H2,1H3. The number of benzene rings is 1. The van der Waals surface area contributed by atoms with Gasteiger partial charge >= 0.3 is 0 Å². The van der Waals surface area contributed by atoms with Crippen LogP contribution < -0.4 is 10.2 Å². The molecule has 3 rings (SSSR count). The number of hydrogen-bond acceptors (Lipinski definition) is 3. The van der Waals surface area contributed by atoms with Crippen LogP contribution in [0.5, 0.6) is 0 Å². The van der Waals surface area contributed by atoms with Crippen LogP contribution in [0.3, 0.4) is 0 Å². The van der Waals surface area contributed by atoms with Gasteiger partial charge in [-0.15, -0.1) is 0 Å². The van der Waals surface area contributed by atoms with Gasteiger partial charge in [-0.1, -0.05) is 12.1 Å². The molecule has 2 heterocycles. The van der Waals surface area contributed by atoms with Crippen molar-refractivity contribution < 1.29 is 4.79 Å². The summed E-state index contributed by atoms with van der Waals surface area (Å²) in [5.41, 5.74) is 2.50. The zero-order chi connectivity index (χ0) is 12.6. The Morgan fingerprint density at radius 1 is 1.39 bits per heavy atom. The lowest BCUT2D eigenvalue weighted by Crippen LogP contribution is -2.62. The maximum atomic E-state index is 11.4. The van der Waals surface area contributed by atoms with Crippen molar-refractivity contribution in [2.75, 3.05) is 31.1 Å². The van der Waals surface area contributed by atoms with E-state index in [0.29, 0.717) is 5.41 Å². The van der Waals surface area contributed by atoms with Gasteiger partial charge in [0, 0.05) is 36.3 Å². The van der Waals surface area contributed by atoms with Gasteiger partial charge in [-0.25, -0.2) is 0 Å². The molecule has 3 nitrogen and oxygen atoms in total. The average Bonchev–Trinajstić information content (AvgIpc) is 2.37. The van der Waals surface area contributed by atoms with Gasteiger partial charge in [0.2, 0.25) is 0 Å². The number of rotatable bonds is 2. The molecule has 2 aliphatic rings. The molecule has 2 fully saturated rings. The molecule has 3 heteroatoms. The van der Waals surface area contributed by atoms with E-state index < -0.39 is 0 Å². The third-order valence-corrected chi connectivity index (χ3v) is 4.23. The summed E-state index contributed by atoms with van der Waals surface area (Å²) >= 11 is 0. The van der Waals surface area contributed by atoms with E-state index >= 15 is 0 Å². The van der Waals surface area contributed by atoms with Crippen LogP contribution in [0, 0.1) is 5.41 Å². The SMILES string of the molecule is CC(=O)c1cccc(N2CC3(CCCNC3)C2)c1. The fourth-order valence-corrected chi connectivity index (χ4v) is 3.17. The van der Waals surface area contributed by atoms with Crippen LogP contribution in [0.2, 0.25) is 0 Å². The summed E-state index contributed by atoms with van der Waals surface area (Å²) < 4.78 is 0. The van der Waals surface area contributed by atoms with Crippen LogP contribution >= 0.6 is 0 Å². The molecule has 0 saturated carbocycles. The number of carbonyl (C=O) groups excluding carboxylic acids is 1. The van der Waals surface area contributed by atoms with E-state index in [9.17, 15) is 4.79 Å². The van der Waals surface area contributed by atoms with E-state index in [0.717, 1.165) is 25.2 Å². The van der Waals surface area contributed by atoms with Crippen molar-refractivity contribution in [3.05, 3.63) is 29.8 Å². The van der Waals surface area contributed by atoms with E-state index in [1.54, 1.807) is 6.92 Å². The Balaban J connectivity index is 1.70. The molecular weight excluding hydrogens is 224 g/mol. The molecule has 0 aliphatic carbocycles. The van der Waals surface area contributed by atoms with Crippen molar-refractivity contribution in [3.63, 3.8) is 0 Å². The highest BCUT2D eigenvalue weighted by Crippen LogP contribution is 2.39. The molecule has 2 aliphatic heterocycles. The molecule has 0 amide bonds. The van der Waals surface area contributed by atoms with E-state index in [4.69, 9.17) is 0 Å². The summed E-state index contributed by atoms with van der Waals surface area (Å²) in [4.78, 5) is 13.8. The summed E-state index contributed by atoms with van der Waals surface area (Å²) in [6, 6.07) is 8.00. The molecule has 1 aromatic carbocycles. The monoisotopic (exact) mass is 244 g/mol. The average molecular weight is 244 g/mol. The van der Waals surface area contributed by atoms with Crippen molar-refractivity contribution in [1.82, 2.24) is 5.32 Å². The van der Waals surface area contributed by atoms with Crippen LogP contribution in [-0.2, 0) is 0 Å². The minimum absolute atomic E-state index is 0.145. The normalized spacial score (nSPS) is 21.7. The van der Waals surface area contributed by atoms with Gasteiger partial charge in [-0.05, 0) is 38.4 Å². The first-order chi connectivity index (χ1) is 8.69. The first-order valence-corrected chi connectivity index (χ1v) is 6.75. The smallest absolute Gasteiger partial charge is 0.159 e. The Bertz CT molecular complexity index is 455. The summed E-state index contributed by atoms with van der Waals surface area (Å²) in [5.74, 6) is 0.145. The van der Waals surface area contributed by atoms with E-state index in [-0.39, 0.29) is 5.78 Å². The van der Waals surface area contributed by atoms with Gasteiger partial charge in [-0.2, -0.15) is 0 Å².